The Labute approximate surface area is 268 Å². The average Bonchev–Trinajstić information content (AvgIpc) is 3.36. The third-order valence-corrected chi connectivity index (χ3v) is 10.8. The number of ether oxygens (including phenoxy) is 1. The molecule has 2 saturated heterocycles. The highest BCUT2D eigenvalue weighted by Gasteiger charge is 2.77. The summed E-state index contributed by atoms with van der Waals surface area (Å²) in [6.07, 6.45) is 1.54. The van der Waals surface area contributed by atoms with Gasteiger partial charge in [-0.3, -0.25) is 24.1 Å². The summed E-state index contributed by atoms with van der Waals surface area (Å²) in [5, 5.41) is 9.42. The first-order valence-electron chi connectivity index (χ1n) is 14.4. The summed E-state index contributed by atoms with van der Waals surface area (Å²) < 4.78 is 78.6. The second-order valence-corrected chi connectivity index (χ2v) is 12.9. The fourth-order valence-corrected chi connectivity index (χ4v) is 8.35. The Morgan fingerprint density at radius 1 is 0.913 bits per heavy atom. The molecule has 0 spiro atoms. The van der Waals surface area contributed by atoms with Crippen molar-refractivity contribution < 1.29 is 51.0 Å². The molecule has 0 radical (unpaired) electrons. The van der Waals surface area contributed by atoms with Crippen LogP contribution in [0.1, 0.15) is 37.7 Å². The Hall–Kier alpha value is -3.55. The number of aliphatic hydroxyl groups excluding tert-OH is 1. The molecule has 2 heterocycles. The van der Waals surface area contributed by atoms with E-state index in [1.54, 1.807) is 19.1 Å². The van der Waals surface area contributed by atoms with Crippen molar-refractivity contribution in [2.75, 3.05) is 24.7 Å². The summed E-state index contributed by atoms with van der Waals surface area (Å²) in [5.41, 5.74) is -1.40. The van der Waals surface area contributed by atoms with Crippen LogP contribution >= 0.6 is 23.2 Å². The van der Waals surface area contributed by atoms with Gasteiger partial charge in [0.05, 0.1) is 18.4 Å². The lowest BCUT2D eigenvalue weighted by Gasteiger charge is -2.51. The molecule has 8 nitrogen and oxygen atoms in total. The topological polar surface area (TPSA) is 104 Å². The van der Waals surface area contributed by atoms with Crippen LogP contribution in [0.2, 0.25) is 0 Å². The van der Waals surface area contributed by atoms with E-state index in [0.717, 1.165) is 4.90 Å². The first-order valence-corrected chi connectivity index (χ1v) is 15.2. The number of anilines is 1. The van der Waals surface area contributed by atoms with Gasteiger partial charge >= 0.3 is 0 Å². The van der Waals surface area contributed by atoms with Crippen LogP contribution in [0.4, 0.5) is 27.6 Å². The summed E-state index contributed by atoms with van der Waals surface area (Å²) in [7, 11) is 0. The molecule has 4 aliphatic rings. The largest absolute Gasteiger partial charge is 0.491 e. The molecule has 1 N–H and O–H groups in total. The second kappa shape index (κ2) is 11.3. The van der Waals surface area contributed by atoms with Gasteiger partial charge < -0.3 is 9.84 Å². The van der Waals surface area contributed by atoms with Gasteiger partial charge in [-0.15, -0.1) is 23.2 Å². The van der Waals surface area contributed by atoms with Gasteiger partial charge in [-0.1, -0.05) is 36.8 Å². The Morgan fingerprint density at radius 3 is 2.17 bits per heavy atom. The van der Waals surface area contributed by atoms with Crippen LogP contribution in [-0.2, 0) is 19.2 Å². The van der Waals surface area contributed by atoms with Gasteiger partial charge in [-0.2, -0.15) is 0 Å². The van der Waals surface area contributed by atoms with E-state index in [-0.39, 0.29) is 35.8 Å². The molecule has 15 heteroatoms. The Balaban J connectivity index is 1.60. The number of rotatable bonds is 7. The number of fused-ring (bicyclic) bond motifs is 4. The first kappa shape index (κ1) is 32.4. The number of amides is 4. The third-order valence-electron chi connectivity index (χ3n) is 9.34. The predicted octanol–water partition coefficient (Wildman–Crippen LogP) is 4.73. The third kappa shape index (κ3) is 4.13. The van der Waals surface area contributed by atoms with Crippen molar-refractivity contribution >= 4 is 52.5 Å². The molecule has 3 fully saturated rings. The van der Waals surface area contributed by atoms with E-state index in [9.17, 15) is 37.5 Å². The normalized spacial score (nSPS) is 30.4. The molecule has 2 aliphatic carbocycles. The molecule has 4 amide bonds. The maximum Gasteiger partial charge on any atom is 0.258 e. The number of alkyl halides is 2. The van der Waals surface area contributed by atoms with Gasteiger partial charge in [-0.05, 0) is 31.2 Å². The summed E-state index contributed by atoms with van der Waals surface area (Å²) >= 11 is 14.2. The zero-order valence-electron chi connectivity index (χ0n) is 24.0. The number of carbonyl (C=O) groups is 4. The maximum atomic E-state index is 15.1. The van der Waals surface area contributed by atoms with Crippen molar-refractivity contribution in [2.24, 2.45) is 17.8 Å². The molecule has 0 aromatic heterocycles. The fourth-order valence-electron chi connectivity index (χ4n) is 7.43. The van der Waals surface area contributed by atoms with Crippen molar-refractivity contribution in [1.82, 2.24) is 4.90 Å². The SMILES string of the molecule is CCCN1C(=O)[C@H]2[C@H](CC=C3[C@H]2C[C@@]2(Cl)C(=O)N(c4c(F)c(F)c(F)c(F)c4F)C(=O)[C@@]2(Cl)[C@H]3c2ccccc2OCCO)C1=O. The zero-order valence-corrected chi connectivity index (χ0v) is 25.5. The highest BCUT2D eigenvalue weighted by atomic mass is 35.5. The van der Waals surface area contributed by atoms with Gasteiger partial charge in [0.15, 0.2) is 33.0 Å². The van der Waals surface area contributed by atoms with Gasteiger partial charge in [-0.25, -0.2) is 26.9 Å². The van der Waals surface area contributed by atoms with E-state index in [0.29, 0.717) is 12.0 Å². The van der Waals surface area contributed by atoms with E-state index < -0.39 is 105 Å². The molecule has 0 unspecified atom stereocenters. The standard InChI is InChI=1S/C31H25Cl2F5N2O6/c1-2-9-39-26(42)15-8-7-13-16(18(15)27(39)43)12-30(32)28(44)40(25-23(37)21(35)20(34)22(36)24(25)38)29(45)31(30,33)19(13)14-5-3-4-6-17(14)46-11-10-41/h3-7,15-16,18-19,41H,2,8-12H2,1H3/t15-,16+,18-,19+,30+,31-/m0/s1. The molecule has 46 heavy (non-hydrogen) atoms. The minimum absolute atomic E-state index is 0.0448. The van der Waals surface area contributed by atoms with Gasteiger partial charge in [0.2, 0.25) is 17.6 Å². The molecule has 2 aromatic rings. The van der Waals surface area contributed by atoms with Crippen molar-refractivity contribution in [3.05, 3.63) is 70.6 Å². The summed E-state index contributed by atoms with van der Waals surface area (Å²) in [6, 6.07) is 6.02. The smallest absolute Gasteiger partial charge is 0.258 e. The fraction of sp³-hybridized carbons (Fsp3) is 0.419. The van der Waals surface area contributed by atoms with Crippen LogP contribution in [0, 0.1) is 46.8 Å². The molecule has 6 atom stereocenters. The summed E-state index contributed by atoms with van der Waals surface area (Å²) in [5.74, 6) is -20.6. The lowest BCUT2D eigenvalue weighted by atomic mass is 9.56. The number of para-hydroxylation sites is 1. The van der Waals surface area contributed by atoms with Crippen molar-refractivity contribution in [3.8, 4) is 5.75 Å². The number of likely N-dealkylation sites (tertiary alicyclic amines) is 1. The van der Waals surface area contributed by atoms with Gasteiger partial charge in [0.1, 0.15) is 18.0 Å². The number of aliphatic hydroxyl groups is 1. The molecule has 2 aliphatic heterocycles. The van der Waals surface area contributed by atoms with E-state index >= 15 is 8.78 Å². The second-order valence-electron chi connectivity index (χ2n) is 11.6. The van der Waals surface area contributed by atoms with E-state index in [2.05, 4.69) is 0 Å². The average molecular weight is 687 g/mol. The number of carbonyl (C=O) groups excluding carboxylic acids is 4. The van der Waals surface area contributed by atoms with E-state index in [4.69, 9.17) is 27.9 Å². The molecular weight excluding hydrogens is 662 g/mol. The van der Waals surface area contributed by atoms with Gasteiger partial charge in [0, 0.05) is 18.0 Å². The lowest BCUT2D eigenvalue weighted by molar-refractivity contribution is -0.140. The summed E-state index contributed by atoms with van der Waals surface area (Å²) in [4.78, 5) is 51.1. The highest BCUT2D eigenvalue weighted by molar-refractivity contribution is 6.58. The summed E-state index contributed by atoms with van der Waals surface area (Å²) in [6.45, 7) is 1.26. The maximum absolute atomic E-state index is 15.1. The number of imide groups is 2. The van der Waals surface area contributed by atoms with Gasteiger partial charge in [0.25, 0.3) is 11.8 Å². The predicted molar refractivity (Wildman–Crippen MR) is 152 cm³/mol. The number of halogens is 7. The zero-order chi connectivity index (χ0) is 33.5. The van der Waals surface area contributed by atoms with Crippen LogP contribution < -0.4 is 9.64 Å². The van der Waals surface area contributed by atoms with Crippen LogP contribution in [0.15, 0.2) is 35.9 Å². The lowest BCUT2D eigenvalue weighted by Crippen LogP contribution is -2.60. The minimum Gasteiger partial charge on any atom is -0.491 e. The van der Waals surface area contributed by atoms with Crippen LogP contribution in [0.25, 0.3) is 0 Å². The first-order chi connectivity index (χ1) is 21.8. The minimum atomic E-state index is -2.66. The Kier molecular flexibility index (Phi) is 7.96. The van der Waals surface area contributed by atoms with Crippen LogP contribution in [0.5, 0.6) is 5.75 Å². The molecule has 244 valence electrons. The number of nitrogens with zero attached hydrogens (tertiary/aromatic N) is 2. The quantitative estimate of drug-likeness (QED) is 0.113. The van der Waals surface area contributed by atoms with Crippen LogP contribution in [0.3, 0.4) is 0 Å². The Bertz CT molecular complexity index is 1710. The molecule has 6 rings (SSSR count). The van der Waals surface area contributed by atoms with Crippen LogP contribution in [-0.4, -0.2) is 63.1 Å². The number of allylic oxidation sites excluding steroid dienone is 2. The van der Waals surface area contributed by atoms with E-state index in [1.165, 1.54) is 18.2 Å². The van der Waals surface area contributed by atoms with Crippen molar-refractivity contribution in [1.29, 1.82) is 0 Å². The number of hydrogen-bond donors (Lipinski definition) is 1. The number of hydrogen-bond acceptors (Lipinski definition) is 6. The molecule has 1 saturated carbocycles. The Morgan fingerprint density at radius 2 is 1.54 bits per heavy atom. The van der Waals surface area contributed by atoms with E-state index in [1.807, 2.05) is 0 Å². The highest BCUT2D eigenvalue weighted by Crippen LogP contribution is 2.66. The molecule has 0 bridgehead atoms. The van der Waals surface area contributed by atoms with Crippen molar-refractivity contribution in [2.45, 2.75) is 41.9 Å². The van der Waals surface area contributed by atoms with Crippen molar-refractivity contribution in [3.63, 3.8) is 0 Å². The molecular formula is C31H25Cl2F5N2O6. The molecule has 2 aromatic carbocycles. The number of benzene rings is 2. The monoisotopic (exact) mass is 686 g/mol.